The fourth-order valence-electron chi connectivity index (χ4n) is 3.16. The molecule has 0 aliphatic rings. The van der Waals surface area contributed by atoms with Gasteiger partial charge in [-0.2, -0.15) is 0 Å². The van der Waals surface area contributed by atoms with Crippen molar-refractivity contribution >= 4 is 29.5 Å². The van der Waals surface area contributed by atoms with Gasteiger partial charge in [-0.15, -0.1) is 0 Å². The minimum absolute atomic E-state index is 0.0821. The number of aryl methyl sites for hydroxylation is 1. The number of rotatable bonds is 9. The van der Waals surface area contributed by atoms with Crippen molar-refractivity contribution in [3.63, 3.8) is 0 Å². The molecule has 34 heavy (non-hydrogen) atoms. The SMILES string of the molecule is CCc1ccccc1NC(=O)C(OC(=O)c1ccccc1)C(OC(=O)c1ccccc1)C(=O)O. The molecule has 0 radical (unpaired) electrons. The molecule has 0 spiro atoms. The van der Waals surface area contributed by atoms with E-state index < -0.39 is 36.0 Å². The molecular formula is C26H23NO7. The average molecular weight is 461 g/mol. The quantitative estimate of drug-likeness (QED) is 0.466. The summed E-state index contributed by atoms with van der Waals surface area (Å²) in [4.78, 5) is 50.5. The fourth-order valence-corrected chi connectivity index (χ4v) is 3.16. The number of carbonyl (C=O) groups is 4. The lowest BCUT2D eigenvalue weighted by molar-refractivity contribution is -0.157. The van der Waals surface area contributed by atoms with Crippen LogP contribution >= 0.6 is 0 Å². The number of aliphatic carboxylic acids is 1. The van der Waals surface area contributed by atoms with Crippen LogP contribution < -0.4 is 5.32 Å². The summed E-state index contributed by atoms with van der Waals surface area (Å²) in [6.07, 6.45) is -3.45. The molecule has 0 fully saturated rings. The van der Waals surface area contributed by atoms with E-state index in [1.54, 1.807) is 60.7 Å². The monoisotopic (exact) mass is 461 g/mol. The van der Waals surface area contributed by atoms with Crippen molar-refractivity contribution in [2.24, 2.45) is 0 Å². The van der Waals surface area contributed by atoms with E-state index in [0.29, 0.717) is 12.1 Å². The van der Waals surface area contributed by atoms with Crippen LogP contribution in [-0.2, 0) is 25.5 Å². The van der Waals surface area contributed by atoms with E-state index in [1.165, 1.54) is 24.3 Å². The Kier molecular flexibility index (Phi) is 8.12. The Balaban J connectivity index is 1.92. The average Bonchev–Trinajstić information content (AvgIpc) is 2.87. The van der Waals surface area contributed by atoms with E-state index in [9.17, 15) is 24.3 Å². The fraction of sp³-hybridized carbons (Fsp3) is 0.154. The van der Waals surface area contributed by atoms with Gasteiger partial charge in [-0.25, -0.2) is 14.4 Å². The van der Waals surface area contributed by atoms with Gasteiger partial charge < -0.3 is 19.9 Å². The molecule has 3 aromatic rings. The number of anilines is 1. The van der Waals surface area contributed by atoms with Crippen molar-refractivity contribution in [1.82, 2.24) is 0 Å². The first-order valence-corrected chi connectivity index (χ1v) is 10.5. The number of nitrogens with one attached hydrogen (secondary N) is 1. The Morgan fingerprint density at radius 2 is 1.21 bits per heavy atom. The number of carbonyl (C=O) groups excluding carboxylic acids is 3. The molecule has 0 aliphatic heterocycles. The van der Waals surface area contributed by atoms with Crippen molar-refractivity contribution in [3.8, 4) is 0 Å². The molecule has 0 heterocycles. The molecule has 3 rings (SSSR count). The summed E-state index contributed by atoms with van der Waals surface area (Å²) in [5.41, 5.74) is 1.40. The molecule has 8 nitrogen and oxygen atoms in total. The molecule has 0 saturated heterocycles. The van der Waals surface area contributed by atoms with Gasteiger partial charge in [0.15, 0.2) is 0 Å². The number of hydrogen-bond acceptors (Lipinski definition) is 6. The number of carboxylic acid groups (broad SMARTS) is 1. The molecule has 2 N–H and O–H groups in total. The number of para-hydroxylation sites is 1. The maximum Gasteiger partial charge on any atom is 0.349 e. The largest absolute Gasteiger partial charge is 0.478 e. The molecule has 2 unspecified atom stereocenters. The number of hydrogen-bond donors (Lipinski definition) is 2. The highest BCUT2D eigenvalue weighted by atomic mass is 16.6. The topological polar surface area (TPSA) is 119 Å². The Bertz CT molecular complexity index is 1160. The van der Waals surface area contributed by atoms with Gasteiger partial charge >= 0.3 is 17.9 Å². The maximum absolute atomic E-state index is 13.2. The van der Waals surface area contributed by atoms with Gasteiger partial charge in [0, 0.05) is 5.69 Å². The smallest absolute Gasteiger partial charge is 0.349 e. The van der Waals surface area contributed by atoms with Crippen LogP contribution in [0.25, 0.3) is 0 Å². The van der Waals surface area contributed by atoms with E-state index in [0.717, 1.165) is 5.56 Å². The van der Waals surface area contributed by atoms with Crippen LogP contribution in [0.2, 0.25) is 0 Å². The van der Waals surface area contributed by atoms with Gasteiger partial charge in [0.25, 0.3) is 5.91 Å². The zero-order valence-electron chi connectivity index (χ0n) is 18.3. The van der Waals surface area contributed by atoms with Crippen molar-refractivity contribution in [1.29, 1.82) is 0 Å². The highest BCUT2D eigenvalue weighted by molar-refractivity contribution is 6.01. The van der Waals surface area contributed by atoms with Gasteiger partial charge in [0.05, 0.1) is 11.1 Å². The summed E-state index contributed by atoms with van der Waals surface area (Å²) in [6.45, 7) is 1.89. The molecule has 0 saturated carbocycles. The second kappa shape index (κ2) is 11.4. The van der Waals surface area contributed by atoms with Crippen molar-refractivity contribution in [3.05, 3.63) is 102 Å². The van der Waals surface area contributed by atoms with Gasteiger partial charge in [0.1, 0.15) is 0 Å². The third-order valence-corrected chi connectivity index (χ3v) is 4.92. The lowest BCUT2D eigenvalue weighted by Crippen LogP contribution is -2.48. The zero-order valence-corrected chi connectivity index (χ0v) is 18.3. The second-order valence-electron chi connectivity index (χ2n) is 7.22. The molecule has 2 atom stereocenters. The van der Waals surface area contributed by atoms with Gasteiger partial charge in [0.2, 0.25) is 12.2 Å². The maximum atomic E-state index is 13.2. The summed E-state index contributed by atoms with van der Waals surface area (Å²) in [6, 6.07) is 22.4. The number of ether oxygens (including phenoxy) is 2. The van der Waals surface area contributed by atoms with Crippen LogP contribution in [0, 0.1) is 0 Å². The van der Waals surface area contributed by atoms with Gasteiger partial charge in [-0.1, -0.05) is 61.5 Å². The minimum atomic E-state index is -2.09. The number of benzene rings is 3. The molecule has 0 bridgehead atoms. The first-order chi connectivity index (χ1) is 16.4. The van der Waals surface area contributed by atoms with Crippen LogP contribution in [0.5, 0.6) is 0 Å². The Hall–Kier alpha value is -4.46. The Morgan fingerprint density at radius 1 is 0.735 bits per heavy atom. The molecule has 8 heteroatoms. The van der Waals surface area contributed by atoms with Gasteiger partial charge in [-0.3, -0.25) is 4.79 Å². The Labute approximate surface area is 196 Å². The summed E-state index contributed by atoms with van der Waals surface area (Å²) in [5, 5.41) is 12.4. The normalized spacial score (nSPS) is 12.1. The van der Waals surface area contributed by atoms with E-state index in [-0.39, 0.29) is 11.1 Å². The Morgan fingerprint density at radius 3 is 1.71 bits per heavy atom. The van der Waals surface area contributed by atoms with Crippen LogP contribution in [0.3, 0.4) is 0 Å². The van der Waals surface area contributed by atoms with Crippen molar-refractivity contribution in [2.75, 3.05) is 5.32 Å². The van der Waals surface area contributed by atoms with E-state index in [4.69, 9.17) is 9.47 Å². The predicted octanol–water partition coefficient (Wildman–Crippen LogP) is 3.72. The van der Waals surface area contributed by atoms with Crippen LogP contribution in [-0.4, -0.2) is 41.1 Å². The highest BCUT2D eigenvalue weighted by Gasteiger charge is 2.41. The summed E-state index contributed by atoms with van der Waals surface area (Å²) in [7, 11) is 0. The summed E-state index contributed by atoms with van der Waals surface area (Å²) >= 11 is 0. The lowest BCUT2D eigenvalue weighted by atomic mass is 10.1. The number of esters is 2. The third kappa shape index (κ3) is 6.07. The molecule has 0 aromatic heterocycles. The van der Waals surface area contributed by atoms with E-state index >= 15 is 0 Å². The summed E-state index contributed by atoms with van der Waals surface area (Å²) < 4.78 is 10.4. The zero-order chi connectivity index (χ0) is 24.5. The molecule has 1 amide bonds. The van der Waals surface area contributed by atoms with Crippen LogP contribution in [0.1, 0.15) is 33.2 Å². The van der Waals surface area contributed by atoms with Crippen LogP contribution in [0.15, 0.2) is 84.9 Å². The second-order valence-corrected chi connectivity index (χ2v) is 7.22. The molecular weight excluding hydrogens is 438 g/mol. The minimum Gasteiger partial charge on any atom is -0.478 e. The van der Waals surface area contributed by atoms with E-state index in [2.05, 4.69) is 5.32 Å². The first kappa shape index (κ1) is 24.2. The molecule has 174 valence electrons. The predicted molar refractivity (Wildman–Crippen MR) is 123 cm³/mol. The van der Waals surface area contributed by atoms with Crippen LogP contribution in [0.4, 0.5) is 5.69 Å². The highest BCUT2D eigenvalue weighted by Crippen LogP contribution is 2.19. The lowest BCUT2D eigenvalue weighted by Gasteiger charge is -2.24. The molecule has 0 aliphatic carbocycles. The number of amides is 1. The van der Waals surface area contributed by atoms with Gasteiger partial charge in [-0.05, 0) is 42.3 Å². The standard InChI is InChI=1S/C26H23NO7/c1-2-17-11-9-10-16-20(17)27-23(28)21(33-25(31)18-12-5-3-6-13-18)22(24(29)30)34-26(32)19-14-7-4-8-15-19/h3-16,21-22H,2H2,1H3,(H,27,28)(H,29,30). The first-order valence-electron chi connectivity index (χ1n) is 10.5. The van der Waals surface area contributed by atoms with Crippen molar-refractivity contribution < 1.29 is 33.8 Å². The number of carboxylic acids is 1. The third-order valence-electron chi connectivity index (χ3n) is 4.92. The summed E-state index contributed by atoms with van der Waals surface area (Å²) in [5.74, 6) is -4.51. The molecule has 3 aromatic carbocycles. The van der Waals surface area contributed by atoms with Crippen molar-refractivity contribution in [2.45, 2.75) is 25.6 Å². The van der Waals surface area contributed by atoms with E-state index in [1.807, 2.05) is 6.92 Å².